The van der Waals surface area contributed by atoms with Crippen molar-refractivity contribution in [1.29, 1.82) is 5.26 Å². The second-order valence-electron chi connectivity index (χ2n) is 3.73. The molecule has 0 unspecified atom stereocenters. The molecule has 84 valence electrons. The molecule has 0 bridgehead atoms. The van der Waals surface area contributed by atoms with Crippen LogP contribution in [0.1, 0.15) is 11.1 Å². The van der Waals surface area contributed by atoms with Gasteiger partial charge in [0.05, 0.1) is 11.6 Å². The monoisotopic (exact) mass is 286 g/mol. The van der Waals surface area contributed by atoms with Crippen LogP contribution in [0.4, 0.5) is 11.4 Å². The van der Waals surface area contributed by atoms with Gasteiger partial charge in [0.15, 0.2) is 0 Å². The van der Waals surface area contributed by atoms with Crippen LogP contribution in [0.5, 0.6) is 0 Å². The van der Waals surface area contributed by atoms with Crippen molar-refractivity contribution in [2.24, 2.45) is 0 Å². The highest BCUT2D eigenvalue weighted by molar-refractivity contribution is 9.10. The van der Waals surface area contributed by atoms with Gasteiger partial charge in [-0.05, 0) is 42.8 Å². The average molecular weight is 287 g/mol. The van der Waals surface area contributed by atoms with E-state index in [0.717, 1.165) is 21.4 Å². The standard InChI is InChI=1S/C14H11BrN2/c1-10-13(15)6-3-7-14(10)17-12-5-2-4-11(8-12)9-16/h2-8,17H,1H3. The van der Waals surface area contributed by atoms with Gasteiger partial charge in [-0.3, -0.25) is 0 Å². The zero-order valence-corrected chi connectivity index (χ0v) is 11.0. The van der Waals surface area contributed by atoms with E-state index in [2.05, 4.69) is 27.3 Å². The number of nitrogens with zero attached hydrogens (tertiary/aromatic N) is 1. The van der Waals surface area contributed by atoms with Crippen LogP contribution in [-0.4, -0.2) is 0 Å². The topological polar surface area (TPSA) is 35.8 Å². The molecule has 2 aromatic rings. The highest BCUT2D eigenvalue weighted by atomic mass is 79.9. The first-order chi connectivity index (χ1) is 8.20. The van der Waals surface area contributed by atoms with Crippen molar-refractivity contribution in [1.82, 2.24) is 0 Å². The van der Waals surface area contributed by atoms with Crippen LogP contribution in [0.25, 0.3) is 0 Å². The number of rotatable bonds is 2. The van der Waals surface area contributed by atoms with E-state index in [0.29, 0.717) is 5.56 Å². The molecule has 3 heteroatoms. The fourth-order valence-corrected chi connectivity index (χ4v) is 1.93. The molecule has 0 saturated carbocycles. The van der Waals surface area contributed by atoms with Gasteiger partial charge in [-0.25, -0.2) is 0 Å². The molecule has 0 aliphatic carbocycles. The molecule has 0 aliphatic rings. The number of nitriles is 1. The minimum atomic E-state index is 0.655. The third kappa shape index (κ3) is 2.66. The number of hydrogen-bond acceptors (Lipinski definition) is 2. The number of hydrogen-bond donors (Lipinski definition) is 1. The molecule has 2 rings (SSSR count). The van der Waals surface area contributed by atoms with Gasteiger partial charge in [-0.1, -0.05) is 28.1 Å². The smallest absolute Gasteiger partial charge is 0.0992 e. The van der Waals surface area contributed by atoms with E-state index in [9.17, 15) is 0 Å². The molecular formula is C14H11BrN2. The first kappa shape index (κ1) is 11.7. The summed E-state index contributed by atoms with van der Waals surface area (Å²) in [5.74, 6) is 0. The van der Waals surface area contributed by atoms with Crippen LogP contribution in [0, 0.1) is 18.3 Å². The van der Waals surface area contributed by atoms with Gasteiger partial charge >= 0.3 is 0 Å². The lowest BCUT2D eigenvalue weighted by Gasteiger charge is -2.10. The van der Waals surface area contributed by atoms with E-state index in [4.69, 9.17) is 5.26 Å². The largest absolute Gasteiger partial charge is 0.355 e. The zero-order valence-electron chi connectivity index (χ0n) is 9.37. The Morgan fingerprint density at radius 3 is 2.71 bits per heavy atom. The van der Waals surface area contributed by atoms with Gasteiger partial charge in [-0.2, -0.15) is 5.26 Å². The minimum Gasteiger partial charge on any atom is -0.355 e. The van der Waals surface area contributed by atoms with Gasteiger partial charge in [0.25, 0.3) is 0 Å². The van der Waals surface area contributed by atoms with Gasteiger partial charge in [-0.15, -0.1) is 0 Å². The SMILES string of the molecule is Cc1c(Br)cccc1Nc1cccc(C#N)c1. The average Bonchev–Trinajstić information content (AvgIpc) is 2.35. The Labute approximate surface area is 109 Å². The van der Waals surface area contributed by atoms with Crippen LogP contribution in [-0.2, 0) is 0 Å². The van der Waals surface area contributed by atoms with Crippen LogP contribution >= 0.6 is 15.9 Å². The molecule has 0 atom stereocenters. The molecule has 0 heterocycles. The molecule has 2 nitrogen and oxygen atoms in total. The summed E-state index contributed by atoms with van der Waals surface area (Å²) in [6, 6.07) is 15.6. The van der Waals surface area contributed by atoms with Gasteiger partial charge in [0.2, 0.25) is 0 Å². The predicted octanol–water partition coefficient (Wildman–Crippen LogP) is 4.37. The summed E-state index contributed by atoms with van der Waals surface area (Å²) in [7, 11) is 0. The maximum absolute atomic E-state index is 8.84. The summed E-state index contributed by atoms with van der Waals surface area (Å²) in [5.41, 5.74) is 3.76. The fourth-order valence-electron chi connectivity index (χ4n) is 1.56. The maximum atomic E-state index is 8.84. The third-order valence-electron chi connectivity index (χ3n) is 2.54. The van der Waals surface area contributed by atoms with Gasteiger partial charge in [0, 0.05) is 15.8 Å². The van der Waals surface area contributed by atoms with Crippen molar-refractivity contribution >= 4 is 27.3 Å². The Kier molecular flexibility index (Phi) is 3.46. The Morgan fingerprint density at radius 2 is 1.94 bits per heavy atom. The lowest BCUT2D eigenvalue weighted by atomic mass is 10.1. The van der Waals surface area contributed by atoms with Crippen LogP contribution in [0.2, 0.25) is 0 Å². The molecule has 0 fully saturated rings. The maximum Gasteiger partial charge on any atom is 0.0992 e. The highest BCUT2D eigenvalue weighted by Crippen LogP contribution is 2.26. The van der Waals surface area contributed by atoms with E-state index in [1.807, 2.05) is 43.3 Å². The van der Waals surface area contributed by atoms with E-state index < -0.39 is 0 Å². The minimum absolute atomic E-state index is 0.655. The summed E-state index contributed by atoms with van der Waals surface area (Å²) in [6.45, 7) is 2.04. The van der Waals surface area contributed by atoms with Crippen LogP contribution < -0.4 is 5.32 Å². The first-order valence-corrected chi connectivity index (χ1v) is 6.02. The molecule has 0 aromatic heterocycles. The molecule has 0 radical (unpaired) electrons. The Morgan fingerprint density at radius 1 is 1.18 bits per heavy atom. The van der Waals surface area contributed by atoms with E-state index in [1.54, 1.807) is 6.07 Å². The summed E-state index contributed by atoms with van der Waals surface area (Å²) < 4.78 is 1.07. The van der Waals surface area contributed by atoms with Crippen molar-refractivity contribution < 1.29 is 0 Å². The van der Waals surface area contributed by atoms with E-state index in [-0.39, 0.29) is 0 Å². The van der Waals surface area contributed by atoms with Crippen molar-refractivity contribution in [3.8, 4) is 6.07 Å². The Bertz CT molecular complexity index is 585. The molecule has 0 spiro atoms. The first-order valence-electron chi connectivity index (χ1n) is 5.23. The van der Waals surface area contributed by atoms with Crippen molar-refractivity contribution in [3.05, 3.63) is 58.1 Å². The Balaban J connectivity index is 2.32. The highest BCUT2D eigenvalue weighted by Gasteiger charge is 2.02. The normalized spacial score (nSPS) is 9.71. The molecule has 0 saturated heterocycles. The lowest BCUT2D eigenvalue weighted by molar-refractivity contribution is 1.40. The summed E-state index contributed by atoms with van der Waals surface area (Å²) in [6.07, 6.45) is 0. The van der Waals surface area contributed by atoms with Crippen molar-refractivity contribution in [2.75, 3.05) is 5.32 Å². The summed E-state index contributed by atoms with van der Waals surface area (Å²) in [5, 5.41) is 12.1. The molecule has 0 amide bonds. The van der Waals surface area contributed by atoms with E-state index in [1.165, 1.54) is 0 Å². The second kappa shape index (κ2) is 5.03. The zero-order chi connectivity index (χ0) is 12.3. The van der Waals surface area contributed by atoms with E-state index >= 15 is 0 Å². The second-order valence-corrected chi connectivity index (χ2v) is 4.58. The Hall–Kier alpha value is -1.79. The predicted molar refractivity (Wildman–Crippen MR) is 73.3 cm³/mol. The number of nitrogens with one attached hydrogen (secondary N) is 1. The van der Waals surface area contributed by atoms with Crippen LogP contribution in [0.3, 0.4) is 0 Å². The van der Waals surface area contributed by atoms with Gasteiger partial charge < -0.3 is 5.32 Å². The molecular weight excluding hydrogens is 276 g/mol. The quantitative estimate of drug-likeness (QED) is 0.890. The summed E-state index contributed by atoms with van der Waals surface area (Å²) >= 11 is 3.50. The molecule has 0 aliphatic heterocycles. The molecule has 2 aromatic carbocycles. The van der Waals surface area contributed by atoms with Crippen molar-refractivity contribution in [2.45, 2.75) is 6.92 Å². The number of halogens is 1. The fraction of sp³-hybridized carbons (Fsp3) is 0.0714. The lowest BCUT2D eigenvalue weighted by Crippen LogP contribution is -1.93. The third-order valence-corrected chi connectivity index (χ3v) is 3.40. The molecule has 1 N–H and O–H groups in total. The number of anilines is 2. The van der Waals surface area contributed by atoms with Crippen LogP contribution in [0.15, 0.2) is 46.9 Å². The molecule has 17 heavy (non-hydrogen) atoms. The van der Waals surface area contributed by atoms with Crippen molar-refractivity contribution in [3.63, 3.8) is 0 Å². The summed E-state index contributed by atoms with van der Waals surface area (Å²) in [4.78, 5) is 0. The van der Waals surface area contributed by atoms with Gasteiger partial charge in [0.1, 0.15) is 0 Å². The number of benzene rings is 2.